The van der Waals surface area contributed by atoms with Gasteiger partial charge in [-0.25, -0.2) is 8.42 Å². The first kappa shape index (κ1) is 31.3. The van der Waals surface area contributed by atoms with E-state index in [0.717, 1.165) is 6.42 Å². The Labute approximate surface area is 248 Å². The number of benzene rings is 3. The van der Waals surface area contributed by atoms with Gasteiger partial charge in [0.1, 0.15) is 11.5 Å². The number of hydrogen-bond donors (Lipinski definition) is 3. The smallest absolute Gasteiger partial charge is 0.265 e. The molecule has 0 bridgehead atoms. The number of unbranched alkanes of at least 4 members (excludes halogenated alkanes) is 1. The first-order chi connectivity index (χ1) is 18.8. The van der Waals surface area contributed by atoms with Crippen molar-refractivity contribution >= 4 is 73.7 Å². The number of aromatic hydroxyl groups is 1. The normalized spacial score (nSPS) is 11.9. The first-order valence-electron chi connectivity index (χ1n) is 12.2. The van der Waals surface area contributed by atoms with E-state index in [2.05, 4.69) is 10.6 Å². The molecule has 1 atom stereocenters. The molecule has 13 heteroatoms. The van der Waals surface area contributed by atoms with Gasteiger partial charge < -0.3 is 20.5 Å². The van der Waals surface area contributed by atoms with Gasteiger partial charge in [0.25, 0.3) is 11.8 Å². The lowest BCUT2D eigenvalue weighted by molar-refractivity contribution is -0.122. The molecule has 214 valence electrons. The average Bonchev–Trinajstić information content (AvgIpc) is 2.91. The van der Waals surface area contributed by atoms with Gasteiger partial charge in [0.05, 0.1) is 37.9 Å². The predicted molar refractivity (Wildman–Crippen MR) is 160 cm³/mol. The summed E-state index contributed by atoms with van der Waals surface area (Å²) in [5, 5.41) is 16.1. The van der Waals surface area contributed by atoms with E-state index in [9.17, 15) is 23.1 Å². The maximum Gasteiger partial charge on any atom is 0.265 e. The highest BCUT2D eigenvalue weighted by molar-refractivity contribution is 7.92. The van der Waals surface area contributed by atoms with E-state index in [1.54, 1.807) is 24.3 Å². The van der Waals surface area contributed by atoms with Crippen LogP contribution in [0.1, 0.15) is 37.0 Å². The zero-order chi connectivity index (χ0) is 29.6. The maximum absolute atomic E-state index is 12.7. The third-order valence-electron chi connectivity index (χ3n) is 5.83. The van der Waals surface area contributed by atoms with Gasteiger partial charge in [-0.05, 0) is 61.9 Å². The van der Waals surface area contributed by atoms with Gasteiger partial charge in [0.2, 0.25) is 10.0 Å². The lowest BCUT2D eigenvalue weighted by atomic mass is 10.2. The van der Waals surface area contributed by atoms with Crippen LogP contribution in [0.5, 0.6) is 11.5 Å². The summed E-state index contributed by atoms with van der Waals surface area (Å²) in [7, 11) is -1.95. The molecule has 0 aliphatic rings. The van der Waals surface area contributed by atoms with Crippen LogP contribution < -0.4 is 19.7 Å². The van der Waals surface area contributed by atoms with Crippen molar-refractivity contribution in [1.29, 1.82) is 0 Å². The van der Waals surface area contributed by atoms with Gasteiger partial charge in [-0.15, -0.1) is 0 Å². The Hall–Kier alpha value is -3.18. The van der Waals surface area contributed by atoms with E-state index < -0.39 is 27.9 Å². The number of hydrogen-bond acceptors (Lipinski definition) is 6. The molecule has 0 radical (unpaired) electrons. The summed E-state index contributed by atoms with van der Waals surface area (Å²) in [5.41, 5.74) is 0.809. The Balaban J connectivity index is 1.63. The number of amides is 2. The molecule has 0 spiro atoms. The van der Waals surface area contributed by atoms with Gasteiger partial charge >= 0.3 is 0 Å². The number of anilines is 3. The van der Waals surface area contributed by atoms with E-state index in [0.29, 0.717) is 22.9 Å². The summed E-state index contributed by atoms with van der Waals surface area (Å²) in [6, 6.07) is 13.1. The fraction of sp³-hybridized carbons (Fsp3) is 0.259. The number of sulfonamides is 1. The molecule has 3 aromatic rings. The number of phenols is 1. The van der Waals surface area contributed by atoms with Gasteiger partial charge in [-0.1, -0.05) is 48.1 Å². The SMILES string of the molecule is CCCCS(=O)(=O)N(C)c1ccc(OC(C)C(=O)Nc2cc(Cl)c(NC(=O)c3ccc(Cl)c(Cl)c3)cc2O)cc1. The summed E-state index contributed by atoms with van der Waals surface area (Å²) >= 11 is 18.1. The summed E-state index contributed by atoms with van der Waals surface area (Å²) < 4.78 is 31.7. The van der Waals surface area contributed by atoms with Gasteiger partial charge in [0, 0.05) is 18.7 Å². The van der Waals surface area contributed by atoms with Crippen LogP contribution in [-0.4, -0.2) is 44.2 Å². The van der Waals surface area contributed by atoms with Crippen molar-refractivity contribution in [3.63, 3.8) is 0 Å². The van der Waals surface area contributed by atoms with Crippen LogP contribution in [0.15, 0.2) is 54.6 Å². The van der Waals surface area contributed by atoms with Crippen LogP contribution >= 0.6 is 34.8 Å². The molecule has 0 saturated heterocycles. The van der Waals surface area contributed by atoms with E-state index >= 15 is 0 Å². The van der Waals surface area contributed by atoms with Gasteiger partial charge in [-0.2, -0.15) is 0 Å². The van der Waals surface area contributed by atoms with E-state index in [1.807, 2.05) is 6.92 Å². The quantitative estimate of drug-likeness (QED) is 0.206. The number of ether oxygens (including phenoxy) is 1. The number of carbonyl (C=O) groups is 2. The first-order valence-corrected chi connectivity index (χ1v) is 14.9. The molecular formula is C27H28Cl3N3O6S. The molecule has 0 aliphatic heterocycles. The molecule has 0 aromatic heterocycles. The number of rotatable bonds is 11. The van der Waals surface area contributed by atoms with Gasteiger partial charge in [0.15, 0.2) is 6.10 Å². The third-order valence-corrected chi connectivity index (χ3v) is 8.73. The molecule has 9 nitrogen and oxygen atoms in total. The Morgan fingerprint density at radius 3 is 2.25 bits per heavy atom. The molecule has 3 rings (SSSR count). The Bertz CT molecular complexity index is 1500. The molecule has 0 saturated carbocycles. The molecule has 3 N–H and O–H groups in total. The summed E-state index contributed by atoms with van der Waals surface area (Å²) in [6.45, 7) is 3.43. The highest BCUT2D eigenvalue weighted by Gasteiger charge is 2.20. The average molecular weight is 629 g/mol. The number of halogens is 3. The number of carbonyl (C=O) groups excluding carboxylic acids is 2. The fourth-order valence-electron chi connectivity index (χ4n) is 3.44. The summed E-state index contributed by atoms with van der Waals surface area (Å²) in [5.74, 6) is -1.06. The molecule has 3 aromatic carbocycles. The zero-order valence-electron chi connectivity index (χ0n) is 21.9. The monoisotopic (exact) mass is 627 g/mol. The van der Waals surface area contributed by atoms with E-state index in [4.69, 9.17) is 39.5 Å². The van der Waals surface area contributed by atoms with E-state index in [1.165, 1.54) is 48.6 Å². The van der Waals surface area contributed by atoms with Crippen LogP contribution in [0.2, 0.25) is 15.1 Å². The summed E-state index contributed by atoms with van der Waals surface area (Å²) in [6.07, 6.45) is 0.353. The molecule has 0 fully saturated rings. The standard InChI is InChI=1S/C27H28Cl3N3O6S/c1-4-5-12-40(37,38)33(3)18-7-9-19(10-8-18)39-16(2)26(35)32-24-14-22(30)23(15-25(24)34)31-27(36)17-6-11-20(28)21(29)13-17/h6-11,13-16,34H,4-5,12H2,1-3H3,(H,31,36)(H,32,35). The number of phenolic OH excluding ortho intramolecular Hbond substituents is 1. The van der Waals surface area contributed by atoms with Crippen LogP contribution in [-0.2, 0) is 14.8 Å². The molecular weight excluding hydrogens is 601 g/mol. The molecule has 1 unspecified atom stereocenters. The Morgan fingerprint density at radius 2 is 1.62 bits per heavy atom. The van der Waals surface area contributed by atoms with Crippen LogP contribution in [0, 0.1) is 0 Å². The second kappa shape index (κ2) is 13.5. The topological polar surface area (TPSA) is 125 Å². The van der Waals surface area contributed by atoms with Crippen molar-refractivity contribution in [1.82, 2.24) is 0 Å². The van der Waals surface area contributed by atoms with Crippen molar-refractivity contribution in [3.05, 3.63) is 75.2 Å². The second-order valence-electron chi connectivity index (χ2n) is 8.81. The minimum absolute atomic E-state index is 0.00671. The third kappa shape index (κ3) is 7.94. The van der Waals surface area contributed by atoms with Crippen LogP contribution in [0.3, 0.4) is 0 Å². The number of nitrogens with one attached hydrogen (secondary N) is 2. The van der Waals surface area contributed by atoms with Crippen molar-refractivity contribution in [3.8, 4) is 11.5 Å². The Kier molecular flexibility index (Phi) is 10.5. The minimum atomic E-state index is -3.43. The lowest BCUT2D eigenvalue weighted by Gasteiger charge is -2.20. The minimum Gasteiger partial charge on any atom is -0.506 e. The zero-order valence-corrected chi connectivity index (χ0v) is 25.0. The highest BCUT2D eigenvalue weighted by Crippen LogP contribution is 2.34. The van der Waals surface area contributed by atoms with Crippen molar-refractivity contribution < 1.29 is 27.9 Å². The number of nitrogens with zero attached hydrogens (tertiary/aromatic N) is 1. The van der Waals surface area contributed by atoms with E-state index in [-0.39, 0.29) is 38.5 Å². The maximum atomic E-state index is 12.7. The van der Waals surface area contributed by atoms with Crippen molar-refractivity contribution in [2.75, 3.05) is 27.7 Å². The fourth-order valence-corrected chi connectivity index (χ4v) is 5.32. The van der Waals surface area contributed by atoms with Gasteiger partial charge in [-0.3, -0.25) is 13.9 Å². The summed E-state index contributed by atoms with van der Waals surface area (Å²) in [4.78, 5) is 25.3. The molecule has 2 amide bonds. The van der Waals surface area contributed by atoms with Crippen molar-refractivity contribution in [2.45, 2.75) is 32.8 Å². The molecule has 0 aliphatic carbocycles. The lowest BCUT2D eigenvalue weighted by Crippen LogP contribution is -2.30. The highest BCUT2D eigenvalue weighted by atomic mass is 35.5. The predicted octanol–water partition coefficient (Wildman–Crippen LogP) is 6.58. The molecule has 40 heavy (non-hydrogen) atoms. The largest absolute Gasteiger partial charge is 0.506 e. The molecule has 0 heterocycles. The second-order valence-corrected chi connectivity index (χ2v) is 12.2. The van der Waals surface area contributed by atoms with Crippen molar-refractivity contribution in [2.24, 2.45) is 0 Å². The van der Waals surface area contributed by atoms with Crippen LogP contribution in [0.4, 0.5) is 17.1 Å². The van der Waals surface area contributed by atoms with Crippen LogP contribution in [0.25, 0.3) is 0 Å². The Morgan fingerprint density at radius 1 is 0.950 bits per heavy atom.